The second-order valence-electron chi connectivity index (χ2n) is 5.22. The zero-order chi connectivity index (χ0) is 14.2. The molecule has 2 rings (SSSR count). The average molecular weight is 264 g/mol. The first kappa shape index (κ1) is 13.6. The zero-order valence-corrected chi connectivity index (χ0v) is 11.8. The number of carbonyl (C=O) groups excluding carboxylic acids is 2. The summed E-state index contributed by atoms with van der Waals surface area (Å²) in [6.07, 6.45) is 0.382. The minimum Gasteiger partial charge on any atom is -0.352 e. The maximum absolute atomic E-state index is 12.1. The topological polar surface area (TPSA) is 67.2 Å². The molecule has 0 bridgehead atoms. The summed E-state index contributed by atoms with van der Waals surface area (Å²) in [5, 5.41) is 7.17. The van der Waals surface area contributed by atoms with Gasteiger partial charge in [-0.05, 0) is 27.7 Å². The number of fused-ring (bicyclic) bond motifs is 1. The van der Waals surface area contributed by atoms with Gasteiger partial charge >= 0.3 is 0 Å². The van der Waals surface area contributed by atoms with Gasteiger partial charge in [0.15, 0.2) is 0 Å². The van der Waals surface area contributed by atoms with Crippen LogP contribution in [0.2, 0.25) is 0 Å². The number of anilines is 1. The van der Waals surface area contributed by atoms with Crippen molar-refractivity contribution >= 4 is 17.6 Å². The standard InChI is InChI=1S/C13H20N4O2/c1-8(2)14-13(19)10(4)17-11-7-9(3)15-16(11)6-5-12(17)18/h7-8,10H,5-6H2,1-4H3,(H,14,19). The fourth-order valence-electron chi connectivity index (χ4n) is 2.28. The molecule has 0 radical (unpaired) electrons. The van der Waals surface area contributed by atoms with Gasteiger partial charge in [-0.3, -0.25) is 14.5 Å². The largest absolute Gasteiger partial charge is 0.352 e. The predicted molar refractivity (Wildman–Crippen MR) is 71.8 cm³/mol. The van der Waals surface area contributed by atoms with E-state index in [0.29, 0.717) is 18.8 Å². The van der Waals surface area contributed by atoms with Crippen LogP contribution in [0.4, 0.5) is 5.82 Å². The summed E-state index contributed by atoms with van der Waals surface area (Å²) in [6.45, 7) is 8.01. The van der Waals surface area contributed by atoms with Crippen molar-refractivity contribution in [1.29, 1.82) is 0 Å². The third kappa shape index (κ3) is 2.62. The lowest BCUT2D eigenvalue weighted by Crippen LogP contribution is -2.52. The summed E-state index contributed by atoms with van der Waals surface area (Å²) in [5.74, 6) is 0.537. The first-order valence-corrected chi connectivity index (χ1v) is 6.57. The summed E-state index contributed by atoms with van der Waals surface area (Å²) in [7, 11) is 0. The van der Waals surface area contributed by atoms with E-state index in [1.54, 1.807) is 16.5 Å². The van der Waals surface area contributed by atoms with Gasteiger partial charge in [-0.1, -0.05) is 0 Å². The molecule has 0 aromatic carbocycles. The summed E-state index contributed by atoms with van der Waals surface area (Å²) < 4.78 is 1.79. The molecule has 1 atom stereocenters. The zero-order valence-electron chi connectivity index (χ0n) is 11.8. The summed E-state index contributed by atoms with van der Waals surface area (Å²) >= 11 is 0. The van der Waals surface area contributed by atoms with E-state index in [2.05, 4.69) is 10.4 Å². The quantitative estimate of drug-likeness (QED) is 0.879. The second kappa shape index (κ2) is 5.03. The third-order valence-corrected chi connectivity index (χ3v) is 3.13. The van der Waals surface area contributed by atoms with Gasteiger partial charge in [-0.15, -0.1) is 0 Å². The Kier molecular flexibility index (Phi) is 3.59. The van der Waals surface area contributed by atoms with Gasteiger partial charge in [0.05, 0.1) is 12.2 Å². The molecular weight excluding hydrogens is 244 g/mol. The van der Waals surface area contributed by atoms with E-state index < -0.39 is 6.04 Å². The van der Waals surface area contributed by atoms with Crippen LogP contribution in [-0.4, -0.2) is 33.7 Å². The molecule has 1 aromatic rings. The molecule has 104 valence electrons. The van der Waals surface area contributed by atoms with E-state index >= 15 is 0 Å². The normalized spacial score (nSPS) is 16.5. The van der Waals surface area contributed by atoms with Crippen molar-refractivity contribution < 1.29 is 9.59 Å². The monoisotopic (exact) mass is 264 g/mol. The number of rotatable bonds is 3. The maximum atomic E-state index is 12.1. The van der Waals surface area contributed by atoms with Gasteiger partial charge in [-0.2, -0.15) is 5.10 Å². The van der Waals surface area contributed by atoms with E-state index in [0.717, 1.165) is 5.69 Å². The number of aromatic nitrogens is 2. The van der Waals surface area contributed by atoms with Crippen molar-refractivity contribution in [2.45, 2.75) is 52.7 Å². The Hall–Kier alpha value is -1.85. The molecule has 1 N–H and O–H groups in total. The highest BCUT2D eigenvalue weighted by atomic mass is 16.2. The highest BCUT2D eigenvalue weighted by Gasteiger charge is 2.33. The van der Waals surface area contributed by atoms with Crippen LogP contribution < -0.4 is 10.2 Å². The molecule has 1 aliphatic heterocycles. The van der Waals surface area contributed by atoms with Crippen LogP contribution in [0.25, 0.3) is 0 Å². The minimum atomic E-state index is -0.523. The van der Waals surface area contributed by atoms with Crippen molar-refractivity contribution in [2.24, 2.45) is 0 Å². The maximum Gasteiger partial charge on any atom is 0.243 e. The molecule has 1 aromatic heterocycles. The molecule has 6 nitrogen and oxygen atoms in total. The molecule has 0 fully saturated rings. The van der Waals surface area contributed by atoms with E-state index in [1.165, 1.54) is 0 Å². The van der Waals surface area contributed by atoms with E-state index in [9.17, 15) is 9.59 Å². The molecule has 1 unspecified atom stereocenters. The Morgan fingerprint density at radius 2 is 2.11 bits per heavy atom. The van der Waals surface area contributed by atoms with Gasteiger partial charge in [-0.25, -0.2) is 4.68 Å². The van der Waals surface area contributed by atoms with Gasteiger partial charge in [0, 0.05) is 18.5 Å². The molecule has 0 saturated heterocycles. The van der Waals surface area contributed by atoms with Crippen molar-refractivity contribution in [3.8, 4) is 0 Å². The number of aryl methyl sites for hydroxylation is 2. The van der Waals surface area contributed by atoms with Crippen LogP contribution in [0.5, 0.6) is 0 Å². The predicted octanol–water partition coefficient (Wildman–Crippen LogP) is 0.841. The van der Waals surface area contributed by atoms with Crippen LogP contribution in [0.15, 0.2) is 6.07 Å². The SMILES string of the molecule is Cc1cc2n(n1)CCC(=O)N2C(C)C(=O)NC(C)C. The number of hydrogen-bond donors (Lipinski definition) is 1. The van der Waals surface area contributed by atoms with Crippen LogP contribution in [0, 0.1) is 6.92 Å². The smallest absolute Gasteiger partial charge is 0.243 e. The summed E-state index contributed by atoms with van der Waals surface area (Å²) in [6, 6.07) is 1.38. The lowest BCUT2D eigenvalue weighted by atomic mass is 10.2. The van der Waals surface area contributed by atoms with E-state index in [4.69, 9.17) is 0 Å². The molecular formula is C13H20N4O2. The molecule has 19 heavy (non-hydrogen) atoms. The fraction of sp³-hybridized carbons (Fsp3) is 0.615. The summed E-state index contributed by atoms with van der Waals surface area (Å²) in [4.78, 5) is 25.7. The average Bonchev–Trinajstić information content (AvgIpc) is 2.67. The summed E-state index contributed by atoms with van der Waals surface area (Å²) in [5.41, 5.74) is 0.853. The molecule has 0 saturated carbocycles. The number of hydrogen-bond acceptors (Lipinski definition) is 3. The molecule has 6 heteroatoms. The van der Waals surface area contributed by atoms with Crippen molar-refractivity contribution in [2.75, 3.05) is 4.90 Å². The Morgan fingerprint density at radius 1 is 1.42 bits per heavy atom. The first-order chi connectivity index (χ1) is 8.90. The Bertz CT molecular complexity index is 507. The van der Waals surface area contributed by atoms with Gasteiger partial charge in [0.2, 0.25) is 11.8 Å². The Balaban J connectivity index is 2.27. The van der Waals surface area contributed by atoms with Crippen molar-refractivity contribution in [3.05, 3.63) is 11.8 Å². The van der Waals surface area contributed by atoms with E-state index in [-0.39, 0.29) is 17.9 Å². The number of amides is 2. The van der Waals surface area contributed by atoms with Gasteiger partial charge < -0.3 is 5.32 Å². The lowest BCUT2D eigenvalue weighted by Gasteiger charge is -2.32. The number of nitrogens with one attached hydrogen (secondary N) is 1. The fourth-order valence-corrected chi connectivity index (χ4v) is 2.28. The van der Waals surface area contributed by atoms with Crippen molar-refractivity contribution in [1.82, 2.24) is 15.1 Å². The second-order valence-corrected chi connectivity index (χ2v) is 5.22. The minimum absolute atomic E-state index is 0.0289. The molecule has 2 heterocycles. The van der Waals surface area contributed by atoms with Crippen LogP contribution >= 0.6 is 0 Å². The van der Waals surface area contributed by atoms with Crippen LogP contribution in [-0.2, 0) is 16.1 Å². The molecule has 1 aliphatic rings. The van der Waals surface area contributed by atoms with Crippen molar-refractivity contribution in [3.63, 3.8) is 0 Å². The lowest BCUT2D eigenvalue weighted by molar-refractivity contribution is -0.127. The molecule has 2 amide bonds. The van der Waals surface area contributed by atoms with Gasteiger partial charge in [0.1, 0.15) is 11.9 Å². The van der Waals surface area contributed by atoms with E-state index in [1.807, 2.05) is 26.8 Å². The highest BCUT2D eigenvalue weighted by Crippen LogP contribution is 2.24. The first-order valence-electron chi connectivity index (χ1n) is 6.57. The number of nitrogens with zero attached hydrogens (tertiary/aromatic N) is 3. The Labute approximate surface area is 112 Å². The van der Waals surface area contributed by atoms with Crippen LogP contribution in [0.1, 0.15) is 32.9 Å². The van der Waals surface area contributed by atoms with Gasteiger partial charge in [0.25, 0.3) is 0 Å². The number of carbonyl (C=O) groups is 2. The molecule has 0 spiro atoms. The highest BCUT2D eigenvalue weighted by molar-refractivity contribution is 6.00. The van der Waals surface area contributed by atoms with Crippen LogP contribution in [0.3, 0.4) is 0 Å². The molecule has 0 aliphatic carbocycles. The Morgan fingerprint density at radius 3 is 2.74 bits per heavy atom. The third-order valence-electron chi connectivity index (χ3n) is 3.13.